The first-order valence-corrected chi connectivity index (χ1v) is 6.51. The third-order valence-electron chi connectivity index (χ3n) is 3.34. The van der Waals surface area contributed by atoms with Crippen molar-refractivity contribution in [2.45, 2.75) is 13.5 Å². The Morgan fingerprint density at radius 3 is 2.81 bits per heavy atom. The van der Waals surface area contributed by atoms with Crippen molar-refractivity contribution in [2.75, 3.05) is 5.73 Å². The molecule has 0 spiro atoms. The highest BCUT2D eigenvalue weighted by Crippen LogP contribution is 2.23. The zero-order valence-electron chi connectivity index (χ0n) is 11.5. The molecule has 0 unspecified atom stereocenters. The van der Waals surface area contributed by atoms with Crippen LogP contribution in [0.15, 0.2) is 42.5 Å². The number of nitrogens with zero attached hydrogens (tertiary/aromatic N) is 4. The van der Waals surface area contributed by atoms with Crippen molar-refractivity contribution in [3.05, 3.63) is 59.4 Å². The Labute approximate surface area is 121 Å². The van der Waals surface area contributed by atoms with Gasteiger partial charge in [-0.2, -0.15) is 0 Å². The fourth-order valence-corrected chi connectivity index (χ4v) is 2.17. The quantitative estimate of drug-likeness (QED) is 0.749. The van der Waals surface area contributed by atoms with Crippen LogP contribution in [-0.2, 0) is 6.54 Å². The van der Waals surface area contributed by atoms with Crippen molar-refractivity contribution in [1.82, 2.24) is 20.2 Å². The van der Waals surface area contributed by atoms with E-state index in [4.69, 9.17) is 5.73 Å². The first-order valence-electron chi connectivity index (χ1n) is 6.51. The number of benzene rings is 2. The van der Waals surface area contributed by atoms with E-state index < -0.39 is 5.82 Å². The van der Waals surface area contributed by atoms with Crippen molar-refractivity contribution in [3.8, 4) is 11.4 Å². The molecule has 0 saturated carbocycles. The molecule has 1 heterocycles. The SMILES string of the molecule is Cc1ccccc1Cn1nnnc1-c1cc(N)ccc1F. The Morgan fingerprint density at radius 2 is 2.00 bits per heavy atom. The highest BCUT2D eigenvalue weighted by atomic mass is 19.1. The zero-order chi connectivity index (χ0) is 14.8. The van der Waals surface area contributed by atoms with Gasteiger partial charge in [0.05, 0.1) is 12.1 Å². The second kappa shape index (κ2) is 5.32. The van der Waals surface area contributed by atoms with Crippen LogP contribution < -0.4 is 5.73 Å². The largest absolute Gasteiger partial charge is 0.399 e. The lowest BCUT2D eigenvalue weighted by atomic mass is 10.1. The van der Waals surface area contributed by atoms with Gasteiger partial charge in [-0.1, -0.05) is 24.3 Å². The molecule has 0 aliphatic rings. The van der Waals surface area contributed by atoms with Crippen LogP contribution in [0.4, 0.5) is 10.1 Å². The van der Waals surface area contributed by atoms with E-state index in [9.17, 15) is 4.39 Å². The van der Waals surface area contributed by atoms with Gasteiger partial charge in [-0.05, 0) is 46.7 Å². The van der Waals surface area contributed by atoms with Gasteiger partial charge in [-0.15, -0.1) is 5.10 Å². The summed E-state index contributed by atoms with van der Waals surface area (Å²) in [5.74, 6) is -0.0342. The van der Waals surface area contributed by atoms with E-state index in [0.29, 0.717) is 23.6 Å². The zero-order valence-corrected chi connectivity index (χ0v) is 11.5. The van der Waals surface area contributed by atoms with Crippen LogP contribution in [0.2, 0.25) is 0 Å². The lowest BCUT2D eigenvalue weighted by molar-refractivity contribution is 0.620. The molecule has 5 nitrogen and oxygen atoms in total. The number of nitrogen functional groups attached to an aromatic ring is 1. The first kappa shape index (κ1) is 13.2. The van der Waals surface area contributed by atoms with Gasteiger partial charge in [0.15, 0.2) is 5.82 Å². The van der Waals surface area contributed by atoms with Crippen molar-refractivity contribution in [1.29, 1.82) is 0 Å². The van der Waals surface area contributed by atoms with Gasteiger partial charge in [0, 0.05) is 5.69 Å². The van der Waals surface area contributed by atoms with Gasteiger partial charge in [0.1, 0.15) is 5.82 Å². The van der Waals surface area contributed by atoms with Crippen LogP contribution in [0.25, 0.3) is 11.4 Å². The topological polar surface area (TPSA) is 69.6 Å². The molecule has 0 saturated heterocycles. The molecule has 0 aliphatic heterocycles. The number of hydrogen-bond donors (Lipinski definition) is 1. The van der Waals surface area contributed by atoms with Crippen LogP contribution in [0.5, 0.6) is 0 Å². The summed E-state index contributed by atoms with van der Waals surface area (Å²) in [4.78, 5) is 0. The van der Waals surface area contributed by atoms with Crippen LogP contribution >= 0.6 is 0 Å². The van der Waals surface area contributed by atoms with E-state index >= 15 is 0 Å². The van der Waals surface area contributed by atoms with Crippen LogP contribution in [0.3, 0.4) is 0 Å². The maximum absolute atomic E-state index is 14.0. The Morgan fingerprint density at radius 1 is 1.19 bits per heavy atom. The summed E-state index contributed by atoms with van der Waals surface area (Å²) < 4.78 is 15.5. The smallest absolute Gasteiger partial charge is 0.185 e. The molecule has 2 N–H and O–H groups in total. The predicted molar refractivity (Wildman–Crippen MR) is 77.9 cm³/mol. The number of halogens is 1. The monoisotopic (exact) mass is 283 g/mol. The molecule has 2 aromatic carbocycles. The normalized spacial score (nSPS) is 10.8. The summed E-state index contributed by atoms with van der Waals surface area (Å²) in [6.45, 7) is 2.49. The number of rotatable bonds is 3. The molecule has 0 aliphatic carbocycles. The molecule has 0 amide bonds. The van der Waals surface area contributed by atoms with Crippen LogP contribution in [-0.4, -0.2) is 20.2 Å². The number of aryl methyl sites for hydroxylation is 1. The number of anilines is 1. The highest BCUT2D eigenvalue weighted by Gasteiger charge is 2.14. The third-order valence-corrected chi connectivity index (χ3v) is 3.34. The summed E-state index contributed by atoms with van der Waals surface area (Å²) in [7, 11) is 0. The maximum atomic E-state index is 14.0. The van der Waals surface area contributed by atoms with Gasteiger partial charge in [0.2, 0.25) is 0 Å². The summed E-state index contributed by atoms with van der Waals surface area (Å²) >= 11 is 0. The summed E-state index contributed by atoms with van der Waals surface area (Å²) in [6, 6.07) is 12.3. The lowest BCUT2D eigenvalue weighted by Gasteiger charge is -2.08. The van der Waals surface area contributed by atoms with E-state index in [1.165, 1.54) is 18.2 Å². The number of aromatic nitrogens is 4. The van der Waals surface area contributed by atoms with Gasteiger partial charge in [0.25, 0.3) is 0 Å². The van der Waals surface area contributed by atoms with E-state index in [-0.39, 0.29) is 0 Å². The third kappa shape index (κ3) is 2.60. The van der Waals surface area contributed by atoms with Crippen LogP contribution in [0.1, 0.15) is 11.1 Å². The Balaban J connectivity index is 2.02. The van der Waals surface area contributed by atoms with Crippen molar-refractivity contribution in [2.24, 2.45) is 0 Å². The molecule has 106 valence electrons. The Kier molecular flexibility index (Phi) is 3.35. The molecule has 21 heavy (non-hydrogen) atoms. The molecule has 0 fully saturated rings. The first-order chi connectivity index (χ1) is 10.1. The molecule has 0 atom stereocenters. The minimum Gasteiger partial charge on any atom is -0.399 e. The van der Waals surface area contributed by atoms with Crippen molar-refractivity contribution >= 4 is 5.69 Å². The fraction of sp³-hybridized carbons (Fsp3) is 0.133. The molecular formula is C15H14FN5. The number of hydrogen-bond acceptors (Lipinski definition) is 4. The van der Waals surface area contributed by atoms with Gasteiger partial charge < -0.3 is 5.73 Å². The Bertz CT molecular complexity index is 781. The number of nitrogens with two attached hydrogens (primary N) is 1. The summed E-state index contributed by atoms with van der Waals surface area (Å²) in [5, 5.41) is 11.5. The van der Waals surface area contributed by atoms with Gasteiger partial charge >= 0.3 is 0 Å². The van der Waals surface area contributed by atoms with Crippen molar-refractivity contribution < 1.29 is 4.39 Å². The second-order valence-corrected chi connectivity index (χ2v) is 4.83. The molecule has 1 aromatic heterocycles. The fourth-order valence-electron chi connectivity index (χ4n) is 2.17. The predicted octanol–water partition coefficient (Wildman–Crippen LogP) is 2.42. The molecular weight excluding hydrogens is 269 g/mol. The van der Waals surface area contributed by atoms with Crippen LogP contribution in [0, 0.1) is 12.7 Å². The van der Waals surface area contributed by atoms with E-state index in [1.807, 2.05) is 31.2 Å². The molecule has 0 radical (unpaired) electrons. The Hall–Kier alpha value is -2.76. The maximum Gasteiger partial charge on any atom is 0.185 e. The minimum absolute atomic E-state index is 0.300. The standard InChI is InChI=1S/C15H14FN5/c1-10-4-2-3-5-11(10)9-21-15(18-19-20-21)13-8-12(17)6-7-14(13)16/h2-8H,9,17H2,1H3. The molecule has 3 rings (SSSR count). The molecule has 6 heteroatoms. The van der Waals surface area contributed by atoms with E-state index in [1.54, 1.807) is 4.68 Å². The minimum atomic E-state index is -0.398. The van der Waals surface area contributed by atoms with E-state index in [0.717, 1.165) is 11.1 Å². The second-order valence-electron chi connectivity index (χ2n) is 4.83. The average Bonchev–Trinajstić information content (AvgIpc) is 2.92. The van der Waals surface area contributed by atoms with Crippen molar-refractivity contribution in [3.63, 3.8) is 0 Å². The van der Waals surface area contributed by atoms with Gasteiger partial charge in [-0.25, -0.2) is 9.07 Å². The number of tetrazole rings is 1. The lowest BCUT2D eigenvalue weighted by Crippen LogP contribution is -2.06. The molecule has 3 aromatic rings. The average molecular weight is 283 g/mol. The summed E-state index contributed by atoms with van der Waals surface area (Å²) in [5.41, 5.74) is 8.70. The molecule has 0 bridgehead atoms. The summed E-state index contributed by atoms with van der Waals surface area (Å²) in [6.07, 6.45) is 0. The van der Waals surface area contributed by atoms with Gasteiger partial charge in [-0.3, -0.25) is 0 Å². The van der Waals surface area contributed by atoms with E-state index in [2.05, 4.69) is 15.5 Å². The highest BCUT2D eigenvalue weighted by molar-refractivity contribution is 5.61.